The van der Waals surface area contributed by atoms with Gasteiger partial charge in [-0.05, 0) is 18.6 Å². The largest absolute Gasteiger partial charge is 0.311 e. The van der Waals surface area contributed by atoms with Crippen LogP contribution in [-0.4, -0.2) is 4.57 Å². The van der Waals surface area contributed by atoms with Gasteiger partial charge in [-0.1, -0.05) is 35.9 Å². The molecule has 0 aliphatic rings. The van der Waals surface area contributed by atoms with Crippen molar-refractivity contribution in [2.75, 3.05) is 0 Å². The Morgan fingerprint density at radius 1 is 1.17 bits per heavy atom. The molecule has 0 spiro atoms. The topological polar surface area (TPSA) is 45.8 Å². The van der Waals surface area contributed by atoms with Crippen LogP contribution in [0.25, 0.3) is 11.3 Å². The molecule has 3 nitrogen and oxygen atoms in total. The lowest BCUT2D eigenvalue weighted by Crippen LogP contribution is -2.21. The van der Waals surface area contributed by atoms with Crippen LogP contribution in [0.5, 0.6) is 0 Å². The highest BCUT2D eigenvalue weighted by Gasteiger charge is 2.07. The van der Waals surface area contributed by atoms with Crippen molar-refractivity contribution in [3.05, 3.63) is 57.9 Å². The minimum Gasteiger partial charge on any atom is -0.311 e. The number of aromatic nitrogens is 1. The number of benzene rings is 1. The van der Waals surface area contributed by atoms with Gasteiger partial charge in [-0.2, -0.15) is 5.26 Å². The maximum atomic E-state index is 12.0. The van der Waals surface area contributed by atoms with Crippen LogP contribution in [0.1, 0.15) is 11.1 Å². The minimum absolute atomic E-state index is 0.102. The van der Waals surface area contributed by atoms with E-state index in [-0.39, 0.29) is 12.0 Å². The van der Waals surface area contributed by atoms with Crippen molar-refractivity contribution in [2.24, 2.45) is 7.05 Å². The molecule has 0 fully saturated rings. The Balaban J connectivity index is 2.54. The van der Waals surface area contributed by atoms with E-state index in [2.05, 4.69) is 0 Å². The molecule has 1 aromatic heterocycles. The zero-order valence-electron chi connectivity index (χ0n) is 10.5. The number of nitrogens with zero attached hydrogens (tertiary/aromatic N) is 2. The highest BCUT2D eigenvalue weighted by Crippen LogP contribution is 2.18. The molecule has 0 N–H and O–H groups in total. The molecule has 0 amide bonds. The first-order chi connectivity index (χ1) is 8.63. The second-order valence-electron chi connectivity index (χ2n) is 4.31. The molecule has 0 atom stereocenters. The number of aryl methyl sites for hydroxylation is 1. The quantitative estimate of drug-likeness (QED) is 0.806. The Morgan fingerprint density at radius 3 is 2.44 bits per heavy atom. The van der Waals surface area contributed by atoms with Crippen LogP contribution in [0.3, 0.4) is 0 Å². The van der Waals surface area contributed by atoms with Crippen molar-refractivity contribution < 1.29 is 0 Å². The Bertz CT molecular complexity index is 660. The normalized spacial score (nSPS) is 10.1. The summed E-state index contributed by atoms with van der Waals surface area (Å²) in [6.45, 7) is 2.03. The van der Waals surface area contributed by atoms with E-state index < -0.39 is 0 Å². The Hall–Kier alpha value is -2.34. The van der Waals surface area contributed by atoms with Gasteiger partial charge in [0.15, 0.2) is 0 Å². The molecule has 0 unspecified atom stereocenters. The van der Waals surface area contributed by atoms with E-state index in [0.29, 0.717) is 5.56 Å². The average Bonchev–Trinajstić information content (AvgIpc) is 2.37. The summed E-state index contributed by atoms with van der Waals surface area (Å²) in [5.41, 5.74) is 3.49. The van der Waals surface area contributed by atoms with Gasteiger partial charge in [-0.15, -0.1) is 0 Å². The molecule has 18 heavy (non-hydrogen) atoms. The zero-order chi connectivity index (χ0) is 13.1. The minimum atomic E-state index is -0.102. The molecule has 0 saturated heterocycles. The summed E-state index contributed by atoms with van der Waals surface area (Å²) in [6.07, 6.45) is 0.154. The summed E-state index contributed by atoms with van der Waals surface area (Å²) in [6, 6.07) is 13.7. The second-order valence-corrected chi connectivity index (χ2v) is 4.31. The summed E-state index contributed by atoms with van der Waals surface area (Å²) in [5, 5.41) is 8.65. The van der Waals surface area contributed by atoms with E-state index in [0.717, 1.165) is 11.3 Å². The van der Waals surface area contributed by atoms with Crippen molar-refractivity contribution in [3.8, 4) is 17.3 Å². The van der Waals surface area contributed by atoms with Gasteiger partial charge in [0.05, 0.1) is 18.2 Å². The second kappa shape index (κ2) is 4.89. The number of pyridine rings is 1. The zero-order valence-corrected chi connectivity index (χ0v) is 10.5. The highest BCUT2D eigenvalue weighted by molar-refractivity contribution is 5.60. The fraction of sp³-hybridized carbons (Fsp3) is 0.200. The molecular formula is C15H14N2O. The van der Waals surface area contributed by atoms with Gasteiger partial charge in [-0.3, -0.25) is 4.79 Å². The molecule has 90 valence electrons. The summed E-state index contributed by atoms with van der Waals surface area (Å²) >= 11 is 0. The number of hydrogen-bond donors (Lipinski definition) is 0. The van der Waals surface area contributed by atoms with E-state index in [1.165, 1.54) is 5.56 Å². The van der Waals surface area contributed by atoms with Gasteiger partial charge in [0.25, 0.3) is 5.56 Å². The average molecular weight is 238 g/mol. The molecule has 3 heteroatoms. The third-order valence-corrected chi connectivity index (χ3v) is 3.00. The summed E-state index contributed by atoms with van der Waals surface area (Å²) in [4.78, 5) is 12.0. The summed E-state index contributed by atoms with van der Waals surface area (Å²) in [5.74, 6) is 0. The van der Waals surface area contributed by atoms with Gasteiger partial charge in [0, 0.05) is 12.6 Å². The molecule has 1 aromatic carbocycles. The summed E-state index contributed by atoms with van der Waals surface area (Å²) < 4.78 is 1.59. The standard InChI is InChI=1S/C15H14N2O/c1-11-3-5-12(6-4-11)14-8-7-13(9-10-16)15(18)17(14)2/h3-8H,9H2,1-2H3. The molecule has 2 rings (SSSR count). The first-order valence-corrected chi connectivity index (χ1v) is 5.76. The lowest BCUT2D eigenvalue weighted by molar-refractivity contribution is 0.852. The summed E-state index contributed by atoms with van der Waals surface area (Å²) in [7, 11) is 1.73. The molecule has 0 saturated carbocycles. The molecule has 0 aliphatic heterocycles. The Labute approximate surface area is 106 Å². The predicted octanol–water partition coefficient (Wildman–Crippen LogP) is 2.43. The van der Waals surface area contributed by atoms with Crippen molar-refractivity contribution in [3.63, 3.8) is 0 Å². The number of hydrogen-bond acceptors (Lipinski definition) is 2. The number of nitriles is 1. The third kappa shape index (κ3) is 2.18. The van der Waals surface area contributed by atoms with Crippen molar-refractivity contribution in [1.82, 2.24) is 4.57 Å². The van der Waals surface area contributed by atoms with Crippen LogP contribution in [0.2, 0.25) is 0 Å². The monoisotopic (exact) mass is 238 g/mol. The SMILES string of the molecule is Cc1ccc(-c2ccc(CC#N)c(=O)n2C)cc1. The van der Waals surface area contributed by atoms with E-state index in [9.17, 15) is 4.79 Å². The first-order valence-electron chi connectivity index (χ1n) is 5.76. The molecule has 0 aliphatic carbocycles. The van der Waals surface area contributed by atoms with E-state index >= 15 is 0 Å². The van der Waals surface area contributed by atoms with Crippen LogP contribution >= 0.6 is 0 Å². The maximum absolute atomic E-state index is 12.0. The van der Waals surface area contributed by atoms with Crippen molar-refractivity contribution in [1.29, 1.82) is 5.26 Å². The van der Waals surface area contributed by atoms with Crippen LogP contribution in [0, 0.1) is 18.3 Å². The van der Waals surface area contributed by atoms with Crippen molar-refractivity contribution >= 4 is 0 Å². The first kappa shape index (κ1) is 12.1. The third-order valence-electron chi connectivity index (χ3n) is 3.00. The Morgan fingerprint density at radius 2 is 1.83 bits per heavy atom. The van der Waals surface area contributed by atoms with Crippen LogP contribution < -0.4 is 5.56 Å². The van der Waals surface area contributed by atoms with E-state index in [1.54, 1.807) is 17.7 Å². The highest BCUT2D eigenvalue weighted by atomic mass is 16.1. The lowest BCUT2D eigenvalue weighted by Gasteiger charge is -2.09. The van der Waals surface area contributed by atoms with Crippen LogP contribution in [0.4, 0.5) is 0 Å². The molecular weight excluding hydrogens is 224 g/mol. The predicted molar refractivity (Wildman–Crippen MR) is 71.2 cm³/mol. The van der Waals surface area contributed by atoms with Gasteiger partial charge in [0.2, 0.25) is 0 Å². The van der Waals surface area contributed by atoms with Gasteiger partial charge in [0.1, 0.15) is 0 Å². The molecule has 2 aromatic rings. The maximum Gasteiger partial charge on any atom is 0.255 e. The van der Waals surface area contributed by atoms with Crippen LogP contribution in [0.15, 0.2) is 41.2 Å². The smallest absolute Gasteiger partial charge is 0.255 e. The van der Waals surface area contributed by atoms with Gasteiger partial charge < -0.3 is 4.57 Å². The fourth-order valence-electron chi connectivity index (χ4n) is 1.92. The van der Waals surface area contributed by atoms with E-state index in [4.69, 9.17) is 5.26 Å². The molecule has 1 heterocycles. The van der Waals surface area contributed by atoms with Crippen LogP contribution in [-0.2, 0) is 13.5 Å². The van der Waals surface area contributed by atoms with Gasteiger partial charge in [-0.25, -0.2) is 0 Å². The fourth-order valence-corrected chi connectivity index (χ4v) is 1.92. The molecule has 0 bridgehead atoms. The number of rotatable bonds is 2. The van der Waals surface area contributed by atoms with Gasteiger partial charge >= 0.3 is 0 Å². The van der Waals surface area contributed by atoms with Crippen molar-refractivity contribution in [2.45, 2.75) is 13.3 Å². The molecule has 0 radical (unpaired) electrons. The Kier molecular flexibility index (Phi) is 3.29. The lowest BCUT2D eigenvalue weighted by atomic mass is 10.1. The van der Waals surface area contributed by atoms with E-state index in [1.807, 2.05) is 43.3 Å².